The van der Waals surface area contributed by atoms with Crippen LogP contribution >= 0.6 is 11.6 Å². The van der Waals surface area contributed by atoms with Crippen LogP contribution in [0.3, 0.4) is 0 Å². The van der Waals surface area contributed by atoms with Crippen molar-refractivity contribution in [3.05, 3.63) is 99.8 Å². The number of allylic oxidation sites excluding steroid dienone is 2. The zero-order valence-electron chi connectivity index (χ0n) is 18.3. The fraction of sp³-hybridized carbons (Fsp3) is 0.231. The normalized spacial score (nSPS) is 21.3. The van der Waals surface area contributed by atoms with Crippen molar-refractivity contribution in [3.8, 4) is 0 Å². The largest absolute Gasteiger partial charge is 0.378 e. The maximum atomic E-state index is 14.7. The van der Waals surface area contributed by atoms with Crippen molar-refractivity contribution in [1.82, 2.24) is 0 Å². The summed E-state index contributed by atoms with van der Waals surface area (Å²) in [5.74, 6) is -0.331. The van der Waals surface area contributed by atoms with Gasteiger partial charge in [0.15, 0.2) is 0 Å². The lowest BCUT2D eigenvalue weighted by Gasteiger charge is -2.38. The zero-order chi connectivity index (χ0) is 23.3. The van der Waals surface area contributed by atoms with Crippen LogP contribution in [0, 0.1) is 25.6 Å². The molecule has 3 atom stereocenters. The molecule has 0 radical (unpaired) electrons. The van der Waals surface area contributed by atoms with E-state index in [0.717, 1.165) is 28.8 Å². The number of halogens is 2. The van der Waals surface area contributed by atoms with Gasteiger partial charge in [0.05, 0.1) is 10.9 Å². The number of anilines is 2. The standard InChI is InChI=1S/C26H24ClFN2O2S/c1-15-9-10-17(13-16(15)2)30-33(31,32)18-11-12-24-21(14-18)19-5-3-6-20(19)26(29-24)25-22(27)7-4-8-23(25)28/h3-5,7-14,19-20,26,29-30H,6H2,1-2H3/t19-,20+,26-/m0/s1. The fourth-order valence-corrected chi connectivity index (χ4v) is 6.22. The van der Waals surface area contributed by atoms with Gasteiger partial charge in [-0.05, 0) is 85.3 Å². The quantitative estimate of drug-likeness (QED) is 0.405. The average molecular weight is 483 g/mol. The molecule has 7 heteroatoms. The molecule has 0 spiro atoms. The third-order valence-electron chi connectivity index (χ3n) is 6.71. The van der Waals surface area contributed by atoms with E-state index in [1.807, 2.05) is 26.0 Å². The molecule has 0 unspecified atom stereocenters. The molecule has 3 aromatic rings. The van der Waals surface area contributed by atoms with Crippen LogP contribution in [0.5, 0.6) is 0 Å². The molecule has 0 saturated heterocycles. The molecule has 4 nitrogen and oxygen atoms in total. The van der Waals surface area contributed by atoms with Crippen LogP contribution in [-0.2, 0) is 10.0 Å². The molecular formula is C26H24ClFN2O2S. The Morgan fingerprint density at radius 2 is 1.88 bits per heavy atom. The summed E-state index contributed by atoms with van der Waals surface area (Å²) in [6.45, 7) is 3.93. The highest BCUT2D eigenvalue weighted by atomic mass is 35.5. The first-order valence-electron chi connectivity index (χ1n) is 10.9. The van der Waals surface area contributed by atoms with E-state index in [1.54, 1.807) is 36.4 Å². The number of fused-ring (bicyclic) bond motifs is 3. The summed E-state index contributed by atoms with van der Waals surface area (Å²) in [6.07, 6.45) is 4.91. The van der Waals surface area contributed by atoms with Gasteiger partial charge in [-0.15, -0.1) is 0 Å². The summed E-state index contributed by atoms with van der Waals surface area (Å²) in [7, 11) is -3.77. The molecule has 2 aliphatic rings. The van der Waals surface area contributed by atoms with Gasteiger partial charge in [-0.3, -0.25) is 4.72 Å². The topological polar surface area (TPSA) is 58.2 Å². The second kappa shape index (κ2) is 8.19. The lowest BCUT2D eigenvalue weighted by Crippen LogP contribution is -2.30. The average Bonchev–Trinajstić information content (AvgIpc) is 3.26. The van der Waals surface area contributed by atoms with E-state index in [9.17, 15) is 12.8 Å². The van der Waals surface area contributed by atoms with Crippen molar-refractivity contribution in [2.75, 3.05) is 10.0 Å². The summed E-state index contributed by atoms with van der Waals surface area (Å²) in [5.41, 5.74) is 4.78. The molecule has 0 aromatic heterocycles. The maximum Gasteiger partial charge on any atom is 0.261 e. The summed E-state index contributed by atoms with van der Waals surface area (Å²) in [4.78, 5) is 0.197. The molecule has 1 aliphatic heterocycles. The van der Waals surface area contributed by atoms with Crippen LogP contribution in [0.15, 0.2) is 71.6 Å². The van der Waals surface area contributed by atoms with E-state index >= 15 is 0 Å². The minimum absolute atomic E-state index is 0.0290. The number of rotatable bonds is 4. The lowest BCUT2D eigenvalue weighted by atomic mass is 9.77. The van der Waals surface area contributed by atoms with Crippen LogP contribution in [0.1, 0.15) is 40.6 Å². The van der Waals surface area contributed by atoms with Crippen molar-refractivity contribution in [3.63, 3.8) is 0 Å². The van der Waals surface area contributed by atoms with Crippen molar-refractivity contribution in [2.45, 2.75) is 37.1 Å². The molecule has 5 rings (SSSR count). The van der Waals surface area contributed by atoms with Crippen molar-refractivity contribution in [2.24, 2.45) is 5.92 Å². The Balaban J connectivity index is 1.51. The predicted octanol–water partition coefficient (Wildman–Crippen LogP) is 6.72. The number of aryl methyl sites for hydroxylation is 2. The fourth-order valence-electron chi connectivity index (χ4n) is 4.85. The Bertz CT molecular complexity index is 1370. The second-order valence-corrected chi connectivity index (χ2v) is 10.9. The summed E-state index contributed by atoms with van der Waals surface area (Å²) in [5, 5.41) is 3.82. The minimum Gasteiger partial charge on any atom is -0.378 e. The molecule has 33 heavy (non-hydrogen) atoms. The van der Waals surface area contributed by atoms with Crippen LogP contribution in [0.4, 0.5) is 15.8 Å². The maximum absolute atomic E-state index is 14.7. The highest BCUT2D eigenvalue weighted by molar-refractivity contribution is 7.92. The van der Waals surface area contributed by atoms with E-state index in [-0.39, 0.29) is 28.6 Å². The van der Waals surface area contributed by atoms with Crippen molar-refractivity contribution >= 4 is 33.0 Å². The van der Waals surface area contributed by atoms with Crippen molar-refractivity contribution < 1.29 is 12.8 Å². The van der Waals surface area contributed by atoms with Gasteiger partial charge in [-0.2, -0.15) is 0 Å². The molecule has 1 heterocycles. The minimum atomic E-state index is -3.77. The number of benzene rings is 3. The smallest absolute Gasteiger partial charge is 0.261 e. The lowest BCUT2D eigenvalue weighted by molar-refractivity contribution is 0.413. The highest BCUT2D eigenvalue weighted by Gasteiger charge is 2.40. The van der Waals surface area contributed by atoms with Gasteiger partial charge in [0.2, 0.25) is 0 Å². The van der Waals surface area contributed by atoms with Crippen LogP contribution < -0.4 is 10.0 Å². The first-order chi connectivity index (χ1) is 15.7. The molecule has 1 aliphatic carbocycles. The summed E-state index contributed by atoms with van der Waals surface area (Å²) in [6, 6.07) is 15.0. The SMILES string of the molecule is Cc1ccc(NS(=O)(=O)c2ccc3c(c2)[C@H]2C=CC[C@H]2[C@@H](c2c(F)cccc2Cl)N3)cc1C. The Labute approximate surface area is 198 Å². The van der Waals surface area contributed by atoms with Crippen LogP contribution in [0.25, 0.3) is 0 Å². The van der Waals surface area contributed by atoms with Gasteiger partial charge >= 0.3 is 0 Å². The van der Waals surface area contributed by atoms with Gasteiger partial charge < -0.3 is 5.32 Å². The van der Waals surface area contributed by atoms with Crippen molar-refractivity contribution in [1.29, 1.82) is 0 Å². The Kier molecular flexibility index (Phi) is 5.46. The van der Waals surface area contributed by atoms with E-state index in [2.05, 4.69) is 22.2 Å². The highest BCUT2D eigenvalue weighted by Crippen LogP contribution is 2.51. The molecule has 0 amide bonds. The Morgan fingerprint density at radius 1 is 1.06 bits per heavy atom. The van der Waals surface area contributed by atoms with Crippen LogP contribution in [-0.4, -0.2) is 8.42 Å². The summed E-state index contributed by atoms with van der Waals surface area (Å²) >= 11 is 6.38. The zero-order valence-corrected chi connectivity index (χ0v) is 19.8. The third-order valence-corrected chi connectivity index (χ3v) is 8.42. The second-order valence-electron chi connectivity index (χ2n) is 8.76. The third kappa shape index (κ3) is 3.91. The number of nitrogens with one attached hydrogen (secondary N) is 2. The number of hydrogen-bond donors (Lipinski definition) is 2. The predicted molar refractivity (Wildman–Crippen MR) is 131 cm³/mol. The van der Waals surface area contributed by atoms with E-state index in [4.69, 9.17) is 11.6 Å². The molecule has 3 aromatic carbocycles. The van der Waals surface area contributed by atoms with Gasteiger partial charge in [0.25, 0.3) is 10.0 Å². The van der Waals surface area contributed by atoms with Crippen LogP contribution in [0.2, 0.25) is 5.02 Å². The van der Waals surface area contributed by atoms with Gasteiger partial charge in [0.1, 0.15) is 5.82 Å². The van der Waals surface area contributed by atoms with Gasteiger partial charge in [0, 0.05) is 27.9 Å². The van der Waals surface area contributed by atoms with E-state index in [0.29, 0.717) is 16.3 Å². The molecule has 0 saturated carbocycles. The number of hydrogen-bond acceptors (Lipinski definition) is 3. The number of sulfonamides is 1. The monoisotopic (exact) mass is 482 g/mol. The molecule has 2 N–H and O–H groups in total. The van der Waals surface area contributed by atoms with E-state index in [1.165, 1.54) is 6.07 Å². The first kappa shape index (κ1) is 22.0. The first-order valence-corrected chi connectivity index (χ1v) is 12.7. The molecular weight excluding hydrogens is 459 g/mol. The molecule has 170 valence electrons. The molecule has 0 bridgehead atoms. The van der Waals surface area contributed by atoms with Gasteiger partial charge in [-0.25, -0.2) is 12.8 Å². The Morgan fingerprint density at radius 3 is 2.64 bits per heavy atom. The summed E-state index contributed by atoms with van der Waals surface area (Å²) < 4.78 is 43.7. The Hall–Kier alpha value is -2.83. The molecule has 0 fully saturated rings. The van der Waals surface area contributed by atoms with E-state index < -0.39 is 10.0 Å². The van der Waals surface area contributed by atoms with Gasteiger partial charge in [-0.1, -0.05) is 35.9 Å².